The lowest BCUT2D eigenvalue weighted by atomic mass is 9.94. The molecule has 0 bridgehead atoms. The van der Waals surface area contributed by atoms with Crippen LogP contribution in [0.2, 0.25) is 10.0 Å². The summed E-state index contributed by atoms with van der Waals surface area (Å²) in [5, 5.41) is 12.1. The number of aliphatic hydroxyl groups is 1. The molecule has 206 valence electrons. The summed E-state index contributed by atoms with van der Waals surface area (Å²) in [6.45, 7) is 6.11. The van der Waals surface area contributed by atoms with Gasteiger partial charge in [0.25, 0.3) is 5.78 Å². The fraction of sp³-hybridized carbons (Fsp3) is 0.233. The Balaban J connectivity index is 1.76. The van der Waals surface area contributed by atoms with E-state index in [2.05, 4.69) is 13.8 Å². The molecule has 40 heavy (non-hydrogen) atoms. The number of methoxy groups -OCH3 is 2. The second-order valence-electron chi connectivity index (χ2n) is 9.75. The number of fused-ring (bicyclic) bond motifs is 1. The fourth-order valence-corrected chi connectivity index (χ4v) is 6.60. The number of hydrogen-bond donors (Lipinski definition) is 1. The SMILES string of the molecule is COc1c(Cl)cc(/C(O)=C2\C(=O)C(=O)N(c3nc4ccc(C(C)C)cc4s3)C2c2cccc(C)c2)c(OC)c1Cl. The molecule has 3 aromatic carbocycles. The number of ether oxygens (including phenoxy) is 2. The van der Waals surface area contributed by atoms with E-state index in [1.807, 2.05) is 43.3 Å². The first-order valence-corrected chi connectivity index (χ1v) is 14.0. The van der Waals surface area contributed by atoms with Crippen molar-refractivity contribution in [1.29, 1.82) is 0 Å². The third kappa shape index (κ3) is 4.60. The Labute approximate surface area is 245 Å². The van der Waals surface area contributed by atoms with Gasteiger partial charge in [-0.05, 0) is 42.2 Å². The molecule has 4 aromatic rings. The van der Waals surface area contributed by atoms with Crippen LogP contribution in [0.1, 0.15) is 48.1 Å². The van der Waals surface area contributed by atoms with Crippen molar-refractivity contribution in [2.45, 2.75) is 32.7 Å². The third-order valence-corrected chi connectivity index (χ3v) is 8.51. The average molecular weight is 598 g/mol. The molecule has 5 rings (SSSR count). The number of aromatic nitrogens is 1. The highest BCUT2D eigenvalue weighted by atomic mass is 35.5. The van der Waals surface area contributed by atoms with E-state index in [9.17, 15) is 14.7 Å². The van der Waals surface area contributed by atoms with Gasteiger partial charge in [0.2, 0.25) is 0 Å². The zero-order valence-electron chi connectivity index (χ0n) is 22.4. The maximum atomic E-state index is 13.7. The van der Waals surface area contributed by atoms with Crippen molar-refractivity contribution in [2.75, 3.05) is 19.1 Å². The second-order valence-corrected chi connectivity index (χ2v) is 11.5. The number of anilines is 1. The summed E-state index contributed by atoms with van der Waals surface area (Å²) in [4.78, 5) is 33.4. The number of halogens is 2. The van der Waals surface area contributed by atoms with E-state index in [1.54, 1.807) is 6.07 Å². The number of Topliss-reactive ketones (excluding diaryl/α,β-unsaturated/α-hetero) is 1. The number of ketones is 1. The van der Waals surface area contributed by atoms with Gasteiger partial charge in [0.15, 0.2) is 16.6 Å². The molecule has 0 aliphatic carbocycles. The van der Waals surface area contributed by atoms with Crippen molar-refractivity contribution in [3.8, 4) is 11.5 Å². The van der Waals surface area contributed by atoms with Crippen LogP contribution in [-0.4, -0.2) is 36.0 Å². The van der Waals surface area contributed by atoms with Gasteiger partial charge >= 0.3 is 5.91 Å². The molecule has 10 heteroatoms. The Morgan fingerprint density at radius 2 is 1.77 bits per heavy atom. The summed E-state index contributed by atoms with van der Waals surface area (Å²) in [5.74, 6) is -1.62. The zero-order valence-corrected chi connectivity index (χ0v) is 24.7. The van der Waals surface area contributed by atoms with Crippen LogP contribution in [0.3, 0.4) is 0 Å². The van der Waals surface area contributed by atoms with Crippen molar-refractivity contribution in [3.63, 3.8) is 0 Å². The zero-order chi connectivity index (χ0) is 28.9. The van der Waals surface area contributed by atoms with Crippen molar-refractivity contribution in [2.24, 2.45) is 0 Å². The molecular weight excluding hydrogens is 571 g/mol. The predicted molar refractivity (Wildman–Crippen MR) is 159 cm³/mol. The molecule has 7 nitrogen and oxygen atoms in total. The van der Waals surface area contributed by atoms with Crippen molar-refractivity contribution in [3.05, 3.63) is 86.4 Å². The number of carbonyl (C=O) groups excluding carboxylic acids is 2. The second kappa shape index (κ2) is 10.8. The van der Waals surface area contributed by atoms with Crippen LogP contribution in [0.25, 0.3) is 16.0 Å². The van der Waals surface area contributed by atoms with Crippen LogP contribution in [0.5, 0.6) is 11.5 Å². The standard InChI is InChI=1S/C30H26Cl2N2O5S/c1-14(2)16-9-10-20-21(12-16)40-30(33-20)34-24(17-8-6-7-15(3)11-17)22(26(36)29(34)37)25(35)18-13-19(31)28(39-5)23(32)27(18)38-4/h6-14,24,35H,1-5H3/b25-22+. The van der Waals surface area contributed by atoms with E-state index >= 15 is 0 Å². The molecule has 1 aliphatic rings. The van der Waals surface area contributed by atoms with E-state index in [-0.39, 0.29) is 32.7 Å². The summed E-state index contributed by atoms with van der Waals surface area (Å²) in [6.07, 6.45) is 0. The molecule has 1 N–H and O–H groups in total. The van der Waals surface area contributed by atoms with Gasteiger partial charge in [-0.3, -0.25) is 14.5 Å². The van der Waals surface area contributed by atoms with Gasteiger partial charge in [-0.2, -0.15) is 0 Å². The summed E-state index contributed by atoms with van der Waals surface area (Å²) in [5.41, 5.74) is 3.33. The number of hydrogen-bond acceptors (Lipinski definition) is 7. The molecule has 1 saturated heterocycles. The maximum Gasteiger partial charge on any atom is 0.301 e. The minimum absolute atomic E-state index is 0.0208. The lowest BCUT2D eigenvalue weighted by molar-refractivity contribution is -0.132. The number of carbonyl (C=O) groups is 2. The Morgan fingerprint density at radius 3 is 2.42 bits per heavy atom. The van der Waals surface area contributed by atoms with Crippen LogP contribution >= 0.6 is 34.5 Å². The van der Waals surface area contributed by atoms with Gasteiger partial charge in [-0.25, -0.2) is 4.98 Å². The third-order valence-electron chi connectivity index (χ3n) is 6.87. The molecule has 1 fully saturated rings. The lowest BCUT2D eigenvalue weighted by Crippen LogP contribution is -2.29. The molecular formula is C30H26Cl2N2O5S. The first-order chi connectivity index (χ1) is 19.1. The molecule has 0 radical (unpaired) electrons. The highest BCUT2D eigenvalue weighted by molar-refractivity contribution is 7.22. The smallest absolute Gasteiger partial charge is 0.301 e. The number of aryl methyl sites for hydroxylation is 1. The Kier molecular flexibility index (Phi) is 7.52. The normalized spacial score (nSPS) is 16.8. The highest BCUT2D eigenvalue weighted by Crippen LogP contribution is 2.49. The molecule has 1 aliphatic heterocycles. The van der Waals surface area contributed by atoms with Crippen LogP contribution in [0, 0.1) is 6.92 Å². The van der Waals surface area contributed by atoms with Crippen molar-refractivity contribution < 1.29 is 24.2 Å². The number of rotatable bonds is 6. The van der Waals surface area contributed by atoms with Gasteiger partial charge < -0.3 is 14.6 Å². The topological polar surface area (TPSA) is 89.0 Å². The van der Waals surface area contributed by atoms with Crippen LogP contribution < -0.4 is 14.4 Å². The quantitative estimate of drug-likeness (QED) is 0.139. The van der Waals surface area contributed by atoms with Gasteiger partial charge in [0, 0.05) is 0 Å². The number of amides is 1. The predicted octanol–water partition coefficient (Wildman–Crippen LogP) is 7.68. The number of aliphatic hydroxyl groups excluding tert-OH is 1. The molecule has 0 spiro atoms. The largest absolute Gasteiger partial charge is 0.507 e. The molecule has 0 saturated carbocycles. The van der Waals surface area contributed by atoms with E-state index < -0.39 is 23.5 Å². The van der Waals surface area contributed by atoms with Crippen LogP contribution in [0.4, 0.5) is 5.13 Å². The van der Waals surface area contributed by atoms with Crippen LogP contribution in [-0.2, 0) is 9.59 Å². The monoisotopic (exact) mass is 596 g/mol. The Morgan fingerprint density at radius 1 is 1.05 bits per heavy atom. The average Bonchev–Trinajstić information content (AvgIpc) is 3.45. The van der Waals surface area contributed by atoms with Crippen LogP contribution in [0.15, 0.2) is 54.1 Å². The minimum atomic E-state index is -0.964. The minimum Gasteiger partial charge on any atom is -0.507 e. The maximum absolute atomic E-state index is 13.7. The molecule has 1 aromatic heterocycles. The number of benzene rings is 3. The van der Waals surface area contributed by atoms with E-state index in [0.717, 1.165) is 15.8 Å². The van der Waals surface area contributed by atoms with Crippen molar-refractivity contribution in [1.82, 2.24) is 4.98 Å². The Hall–Kier alpha value is -3.59. The lowest BCUT2D eigenvalue weighted by Gasteiger charge is -2.23. The molecule has 1 unspecified atom stereocenters. The van der Waals surface area contributed by atoms with E-state index in [0.29, 0.717) is 22.1 Å². The molecule has 1 amide bonds. The van der Waals surface area contributed by atoms with Gasteiger partial charge in [-0.15, -0.1) is 0 Å². The highest BCUT2D eigenvalue weighted by Gasteiger charge is 2.48. The van der Waals surface area contributed by atoms with Gasteiger partial charge in [0.05, 0.1) is 46.6 Å². The first-order valence-electron chi connectivity index (χ1n) is 12.5. The van der Waals surface area contributed by atoms with E-state index in [1.165, 1.54) is 36.5 Å². The number of nitrogens with zero attached hydrogens (tertiary/aromatic N) is 2. The first kappa shape index (κ1) is 28.0. The van der Waals surface area contributed by atoms with E-state index in [4.69, 9.17) is 37.7 Å². The van der Waals surface area contributed by atoms with Gasteiger partial charge in [-0.1, -0.05) is 84.3 Å². The summed E-state index contributed by atoms with van der Waals surface area (Å²) < 4.78 is 11.6. The summed E-state index contributed by atoms with van der Waals surface area (Å²) >= 11 is 14.2. The van der Waals surface area contributed by atoms with Crippen molar-refractivity contribution >= 4 is 67.3 Å². The molecule has 2 heterocycles. The van der Waals surface area contributed by atoms with Gasteiger partial charge in [0.1, 0.15) is 10.8 Å². The summed E-state index contributed by atoms with van der Waals surface area (Å²) in [7, 11) is 2.77. The fourth-order valence-electron chi connectivity index (χ4n) is 4.87. The Bertz CT molecular complexity index is 1710. The molecule has 1 atom stereocenters. The number of thiazole rings is 1. The summed E-state index contributed by atoms with van der Waals surface area (Å²) in [6, 6.07) is 13.8.